The van der Waals surface area contributed by atoms with Crippen LogP contribution in [0.4, 0.5) is 0 Å². The van der Waals surface area contributed by atoms with Crippen molar-refractivity contribution in [2.75, 3.05) is 0 Å². The monoisotopic (exact) mass is 237 g/mol. The van der Waals surface area contributed by atoms with Gasteiger partial charge in [-0.15, -0.1) is 0 Å². The maximum atomic E-state index is 11.8. The molecule has 0 fully saturated rings. The second-order valence-corrected chi connectivity index (χ2v) is 4.37. The minimum absolute atomic E-state index is 0.0415. The summed E-state index contributed by atoms with van der Waals surface area (Å²) < 4.78 is 1.82. The Hall–Kier alpha value is -1.32. The predicted molar refractivity (Wildman–Crippen MR) is 68.9 cm³/mol. The van der Waals surface area contributed by atoms with Gasteiger partial charge in [0.15, 0.2) is 0 Å². The summed E-state index contributed by atoms with van der Waals surface area (Å²) in [5.74, 6) is 0.0415. The molecular formula is C13H23N3O. The van der Waals surface area contributed by atoms with E-state index in [4.69, 9.17) is 0 Å². The van der Waals surface area contributed by atoms with Crippen molar-refractivity contribution in [3.8, 4) is 0 Å². The molecule has 4 nitrogen and oxygen atoms in total. The van der Waals surface area contributed by atoms with Crippen molar-refractivity contribution >= 4 is 5.91 Å². The highest BCUT2D eigenvalue weighted by molar-refractivity contribution is 5.76. The van der Waals surface area contributed by atoms with E-state index >= 15 is 0 Å². The van der Waals surface area contributed by atoms with Gasteiger partial charge in [0.1, 0.15) is 6.54 Å². The van der Waals surface area contributed by atoms with Crippen LogP contribution in [-0.4, -0.2) is 21.7 Å². The quantitative estimate of drug-likeness (QED) is 0.821. The predicted octanol–water partition coefficient (Wildman–Crippen LogP) is 1.92. The lowest BCUT2D eigenvalue weighted by molar-refractivity contribution is -0.122. The Bertz CT molecular complexity index is 371. The smallest absolute Gasteiger partial charge is 0.241 e. The van der Waals surface area contributed by atoms with Gasteiger partial charge in [0, 0.05) is 11.7 Å². The highest BCUT2D eigenvalue weighted by Crippen LogP contribution is 2.06. The Morgan fingerprint density at radius 3 is 2.65 bits per heavy atom. The van der Waals surface area contributed by atoms with Gasteiger partial charge in [0.25, 0.3) is 0 Å². The summed E-state index contributed by atoms with van der Waals surface area (Å²) in [6.07, 6.45) is 2.77. The molecule has 17 heavy (non-hydrogen) atoms. The zero-order valence-electron chi connectivity index (χ0n) is 11.3. The molecule has 1 aromatic heterocycles. The number of aromatic nitrogens is 2. The van der Waals surface area contributed by atoms with Gasteiger partial charge < -0.3 is 5.32 Å². The SMILES string of the molecule is CCc1cc(CC)n(CC(=O)NC(C)CC)n1. The lowest BCUT2D eigenvalue weighted by Gasteiger charge is -2.12. The number of carbonyl (C=O) groups is 1. The van der Waals surface area contributed by atoms with Crippen molar-refractivity contribution < 1.29 is 4.79 Å². The van der Waals surface area contributed by atoms with Crippen LogP contribution in [-0.2, 0) is 24.2 Å². The molecule has 1 rings (SSSR count). The van der Waals surface area contributed by atoms with E-state index in [1.807, 2.05) is 11.6 Å². The molecule has 1 amide bonds. The fraction of sp³-hybridized carbons (Fsp3) is 0.692. The van der Waals surface area contributed by atoms with Crippen molar-refractivity contribution in [3.63, 3.8) is 0 Å². The molecule has 4 heteroatoms. The minimum atomic E-state index is 0.0415. The Balaban J connectivity index is 2.66. The van der Waals surface area contributed by atoms with E-state index in [1.54, 1.807) is 0 Å². The largest absolute Gasteiger partial charge is 0.352 e. The molecular weight excluding hydrogens is 214 g/mol. The van der Waals surface area contributed by atoms with Crippen molar-refractivity contribution in [1.82, 2.24) is 15.1 Å². The summed E-state index contributed by atoms with van der Waals surface area (Å²) in [6.45, 7) is 8.56. The Kier molecular flexibility index (Phi) is 5.19. The molecule has 1 heterocycles. The van der Waals surface area contributed by atoms with Crippen LogP contribution in [0.3, 0.4) is 0 Å². The molecule has 1 unspecified atom stereocenters. The molecule has 0 saturated carbocycles. The van der Waals surface area contributed by atoms with E-state index in [0.29, 0.717) is 6.54 Å². The van der Waals surface area contributed by atoms with E-state index < -0.39 is 0 Å². The average Bonchev–Trinajstić information content (AvgIpc) is 2.70. The first kappa shape index (κ1) is 13.7. The number of nitrogens with one attached hydrogen (secondary N) is 1. The lowest BCUT2D eigenvalue weighted by atomic mass is 10.2. The molecule has 1 N–H and O–H groups in total. The van der Waals surface area contributed by atoms with Gasteiger partial charge in [-0.1, -0.05) is 20.8 Å². The van der Waals surface area contributed by atoms with Crippen molar-refractivity contribution in [2.45, 2.75) is 59.5 Å². The number of amides is 1. The van der Waals surface area contributed by atoms with Gasteiger partial charge in [-0.3, -0.25) is 9.48 Å². The highest BCUT2D eigenvalue weighted by Gasteiger charge is 2.10. The molecule has 0 saturated heterocycles. The van der Waals surface area contributed by atoms with Gasteiger partial charge in [-0.2, -0.15) is 5.10 Å². The Morgan fingerprint density at radius 2 is 2.12 bits per heavy atom. The third kappa shape index (κ3) is 3.88. The first-order valence-electron chi connectivity index (χ1n) is 6.45. The third-order valence-corrected chi connectivity index (χ3v) is 2.95. The molecule has 0 radical (unpaired) electrons. The topological polar surface area (TPSA) is 46.9 Å². The number of rotatable bonds is 6. The fourth-order valence-electron chi connectivity index (χ4n) is 1.67. The molecule has 0 aromatic carbocycles. The van der Waals surface area contributed by atoms with Gasteiger partial charge in [0.2, 0.25) is 5.91 Å². The second kappa shape index (κ2) is 6.42. The van der Waals surface area contributed by atoms with Crippen LogP contribution in [0.2, 0.25) is 0 Å². The third-order valence-electron chi connectivity index (χ3n) is 2.95. The van der Waals surface area contributed by atoms with Crippen LogP contribution in [0.5, 0.6) is 0 Å². The van der Waals surface area contributed by atoms with E-state index in [2.05, 4.69) is 37.3 Å². The van der Waals surface area contributed by atoms with Gasteiger partial charge in [-0.05, 0) is 32.3 Å². The number of hydrogen-bond acceptors (Lipinski definition) is 2. The number of hydrogen-bond donors (Lipinski definition) is 1. The molecule has 0 bridgehead atoms. The van der Waals surface area contributed by atoms with E-state index in [1.165, 1.54) is 0 Å². The summed E-state index contributed by atoms with van der Waals surface area (Å²) in [5, 5.41) is 7.39. The molecule has 1 atom stereocenters. The zero-order valence-corrected chi connectivity index (χ0v) is 11.3. The van der Waals surface area contributed by atoms with Crippen LogP contribution in [0.25, 0.3) is 0 Å². The molecule has 0 spiro atoms. The van der Waals surface area contributed by atoms with Crippen molar-refractivity contribution in [2.24, 2.45) is 0 Å². The molecule has 0 aliphatic heterocycles. The minimum Gasteiger partial charge on any atom is -0.352 e. The van der Waals surface area contributed by atoms with Gasteiger partial charge in [0.05, 0.1) is 5.69 Å². The first-order chi connectivity index (χ1) is 8.10. The Morgan fingerprint density at radius 1 is 1.41 bits per heavy atom. The number of carbonyl (C=O) groups excluding carboxylic acids is 1. The standard InChI is InChI=1S/C13H23N3O/c1-5-10(4)14-13(17)9-16-12(7-3)8-11(6-2)15-16/h8,10H,5-7,9H2,1-4H3,(H,14,17). The van der Waals surface area contributed by atoms with Gasteiger partial charge in [-0.25, -0.2) is 0 Å². The number of aryl methyl sites for hydroxylation is 2. The number of nitrogens with zero attached hydrogens (tertiary/aromatic N) is 2. The van der Waals surface area contributed by atoms with E-state index in [9.17, 15) is 4.79 Å². The second-order valence-electron chi connectivity index (χ2n) is 4.37. The van der Waals surface area contributed by atoms with Gasteiger partial charge >= 0.3 is 0 Å². The van der Waals surface area contributed by atoms with Crippen molar-refractivity contribution in [1.29, 1.82) is 0 Å². The summed E-state index contributed by atoms with van der Waals surface area (Å²) in [6, 6.07) is 2.31. The van der Waals surface area contributed by atoms with E-state index in [-0.39, 0.29) is 11.9 Å². The van der Waals surface area contributed by atoms with E-state index in [0.717, 1.165) is 30.7 Å². The highest BCUT2D eigenvalue weighted by atomic mass is 16.2. The summed E-state index contributed by atoms with van der Waals surface area (Å²) in [4.78, 5) is 11.8. The van der Waals surface area contributed by atoms with Crippen LogP contribution < -0.4 is 5.32 Å². The van der Waals surface area contributed by atoms with Crippen LogP contribution >= 0.6 is 0 Å². The summed E-state index contributed by atoms with van der Waals surface area (Å²) in [7, 11) is 0. The fourth-order valence-corrected chi connectivity index (χ4v) is 1.67. The normalized spacial score (nSPS) is 12.5. The van der Waals surface area contributed by atoms with Crippen LogP contribution in [0.1, 0.15) is 45.5 Å². The van der Waals surface area contributed by atoms with Crippen LogP contribution in [0.15, 0.2) is 6.07 Å². The molecule has 96 valence electrons. The summed E-state index contributed by atoms with van der Waals surface area (Å²) >= 11 is 0. The maximum Gasteiger partial charge on any atom is 0.241 e. The molecule has 1 aromatic rings. The van der Waals surface area contributed by atoms with Crippen molar-refractivity contribution in [3.05, 3.63) is 17.5 Å². The maximum absolute atomic E-state index is 11.8. The van der Waals surface area contributed by atoms with Crippen LogP contribution in [0, 0.1) is 0 Å². The summed E-state index contributed by atoms with van der Waals surface area (Å²) in [5.41, 5.74) is 2.18. The zero-order chi connectivity index (χ0) is 12.8. The first-order valence-corrected chi connectivity index (χ1v) is 6.45. The average molecular weight is 237 g/mol. The molecule has 0 aliphatic rings. The lowest BCUT2D eigenvalue weighted by Crippen LogP contribution is -2.35. The Labute approximate surface area is 103 Å². The molecule has 0 aliphatic carbocycles.